The van der Waals surface area contributed by atoms with Crippen molar-refractivity contribution in [3.63, 3.8) is 0 Å². The topological polar surface area (TPSA) is 88.2 Å². The van der Waals surface area contributed by atoms with Crippen molar-refractivity contribution < 1.29 is 14.3 Å². The van der Waals surface area contributed by atoms with Gasteiger partial charge < -0.3 is 4.74 Å². The maximum atomic E-state index is 13.8. The van der Waals surface area contributed by atoms with Crippen LogP contribution >= 0.6 is 11.6 Å². The van der Waals surface area contributed by atoms with Crippen LogP contribution in [-0.2, 0) is 16.1 Å². The average Bonchev–Trinajstić information content (AvgIpc) is 3.42. The van der Waals surface area contributed by atoms with Crippen molar-refractivity contribution in [1.29, 1.82) is 5.26 Å². The van der Waals surface area contributed by atoms with Gasteiger partial charge in [-0.3, -0.25) is 14.5 Å². The Bertz CT molecular complexity index is 1750. The SMILES string of the molecule is C=CCOc1ccc(-c2nn(-c3ccccc3)cc2/C=C2/C(=O)N(Cc3ccccc3Cl)C(=O)C(C#N)=C2C)cc1. The summed E-state index contributed by atoms with van der Waals surface area (Å²) in [5.74, 6) is -0.481. The lowest BCUT2D eigenvalue weighted by Gasteiger charge is -2.27. The lowest BCUT2D eigenvalue weighted by Crippen LogP contribution is -2.42. The fraction of sp³-hybridized carbons (Fsp3) is 0.0909. The van der Waals surface area contributed by atoms with Crippen LogP contribution in [-0.4, -0.2) is 33.1 Å². The third-order valence-corrected chi connectivity index (χ3v) is 7.04. The Labute approximate surface area is 242 Å². The van der Waals surface area contributed by atoms with E-state index in [1.165, 1.54) is 0 Å². The summed E-state index contributed by atoms with van der Waals surface area (Å²) in [6.45, 7) is 5.61. The molecule has 0 fully saturated rings. The Morgan fingerprint density at radius 2 is 1.71 bits per heavy atom. The molecule has 2 heterocycles. The van der Waals surface area contributed by atoms with Gasteiger partial charge in [0.15, 0.2) is 0 Å². The number of nitriles is 1. The molecule has 0 unspecified atom stereocenters. The predicted octanol–water partition coefficient (Wildman–Crippen LogP) is 6.55. The van der Waals surface area contributed by atoms with Crippen LogP contribution in [0.25, 0.3) is 23.0 Å². The van der Waals surface area contributed by atoms with E-state index in [2.05, 4.69) is 6.58 Å². The number of ether oxygens (including phenoxy) is 1. The summed E-state index contributed by atoms with van der Waals surface area (Å²) in [5, 5.41) is 15.1. The van der Waals surface area contributed by atoms with Gasteiger partial charge in [-0.05, 0) is 66.6 Å². The number of para-hydroxylation sites is 1. The molecule has 0 saturated carbocycles. The van der Waals surface area contributed by atoms with Gasteiger partial charge in [0.1, 0.15) is 24.0 Å². The zero-order valence-electron chi connectivity index (χ0n) is 22.3. The first-order valence-corrected chi connectivity index (χ1v) is 13.2. The molecular formula is C33H25ClN4O3. The number of hydrogen-bond acceptors (Lipinski definition) is 5. The molecule has 1 aliphatic heterocycles. The second kappa shape index (κ2) is 11.9. The molecule has 5 rings (SSSR count). The predicted molar refractivity (Wildman–Crippen MR) is 158 cm³/mol. The molecule has 2 amide bonds. The van der Waals surface area contributed by atoms with Crippen LogP contribution in [0.3, 0.4) is 0 Å². The molecule has 1 aromatic heterocycles. The average molecular weight is 561 g/mol. The van der Waals surface area contributed by atoms with Gasteiger partial charge in [0.25, 0.3) is 11.8 Å². The maximum absolute atomic E-state index is 13.8. The number of rotatable bonds is 8. The highest BCUT2D eigenvalue weighted by Gasteiger charge is 2.36. The van der Waals surface area contributed by atoms with Gasteiger partial charge in [0.2, 0.25) is 0 Å². The van der Waals surface area contributed by atoms with E-state index in [0.717, 1.165) is 16.2 Å². The Kier molecular flexibility index (Phi) is 7.95. The van der Waals surface area contributed by atoms with E-state index in [4.69, 9.17) is 21.4 Å². The normalized spacial score (nSPS) is 14.4. The van der Waals surface area contributed by atoms with E-state index in [1.807, 2.05) is 66.9 Å². The Morgan fingerprint density at radius 1 is 1.00 bits per heavy atom. The number of hydrogen-bond donors (Lipinski definition) is 0. The molecule has 0 saturated heterocycles. The zero-order valence-corrected chi connectivity index (χ0v) is 23.0. The minimum atomic E-state index is -0.651. The first-order chi connectivity index (χ1) is 19.9. The summed E-state index contributed by atoms with van der Waals surface area (Å²) >= 11 is 6.33. The summed E-state index contributed by atoms with van der Waals surface area (Å²) in [4.78, 5) is 28.1. The van der Waals surface area contributed by atoms with E-state index in [9.17, 15) is 14.9 Å². The Morgan fingerprint density at radius 3 is 2.39 bits per heavy atom. The van der Waals surface area contributed by atoms with Gasteiger partial charge in [-0.1, -0.05) is 60.7 Å². The Balaban J connectivity index is 1.62. The molecule has 0 spiro atoms. The van der Waals surface area contributed by atoms with E-state index in [0.29, 0.717) is 39.8 Å². The minimum Gasteiger partial charge on any atom is -0.490 e. The lowest BCUT2D eigenvalue weighted by atomic mass is 9.93. The molecule has 0 aliphatic carbocycles. The summed E-state index contributed by atoms with van der Waals surface area (Å²) < 4.78 is 7.35. The van der Waals surface area contributed by atoms with E-state index in [-0.39, 0.29) is 17.7 Å². The molecule has 7 nitrogen and oxygen atoms in total. The molecular weight excluding hydrogens is 536 g/mol. The largest absolute Gasteiger partial charge is 0.490 e. The third-order valence-electron chi connectivity index (χ3n) is 6.67. The van der Waals surface area contributed by atoms with Crippen LogP contribution in [0.1, 0.15) is 18.1 Å². The number of carbonyl (C=O) groups excluding carboxylic acids is 2. The molecule has 1 aliphatic rings. The second-order valence-corrected chi connectivity index (χ2v) is 9.70. The van der Waals surface area contributed by atoms with Crippen LogP contribution in [0, 0.1) is 11.3 Å². The second-order valence-electron chi connectivity index (χ2n) is 9.29. The first-order valence-electron chi connectivity index (χ1n) is 12.8. The number of benzene rings is 3. The monoisotopic (exact) mass is 560 g/mol. The van der Waals surface area contributed by atoms with E-state index < -0.39 is 11.8 Å². The highest BCUT2D eigenvalue weighted by molar-refractivity contribution is 6.31. The summed E-state index contributed by atoms with van der Waals surface area (Å²) in [6, 6.07) is 26.0. The summed E-state index contributed by atoms with van der Waals surface area (Å²) in [7, 11) is 0. The van der Waals surface area contributed by atoms with Crippen LogP contribution in [0.5, 0.6) is 5.75 Å². The highest BCUT2D eigenvalue weighted by Crippen LogP contribution is 2.33. The van der Waals surface area contributed by atoms with Crippen molar-refractivity contribution in [3.05, 3.63) is 131 Å². The molecule has 0 N–H and O–H groups in total. The van der Waals surface area contributed by atoms with Crippen molar-refractivity contribution in [1.82, 2.24) is 14.7 Å². The van der Waals surface area contributed by atoms with Crippen molar-refractivity contribution in [2.45, 2.75) is 13.5 Å². The fourth-order valence-electron chi connectivity index (χ4n) is 4.52. The van der Waals surface area contributed by atoms with Gasteiger partial charge in [-0.15, -0.1) is 0 Å². The Hall–Kier alpha value is -5.19. The van der Waals surface area contributed by atoms with Gasteiger partial charge in [0, 0.05) is 27.9 Å². The molecule has 0 radical (unpaired) electrons. The zero-order chi connectivity index (χ0) is 28.9. The smallest absolute Gasteiger partial charge is 0.271 e. The van der Waals surface area contributed by atoms with Crippen molar-refractivity contribution in [2.24, 2.45) is 0 Å². The van der Waals surface area contributed by atoms with Crippen LogP contribution in [0.15, 0.2) is 114 Å². The number of carbonyl (C=O) groups is 2. The quantitative estimate of drug-likeness (QED) is 0.138. The van der Waals surface area contributed by atoms with Crippen molar-refractivity contribution in [2.75, 3.05) is 6.61 Å². The van der Waals surface area contributed by atoms with Crippen molar-refractivity contribution in [3.8, 4) is 28.8 Å². The highest BCUT2D eigenvalue weighted by atomic mass is 35.5. The maximum Gasteiger partial charge on any atom is 0.271 e. The molecule has 0 atom stereocenters. The van der Waals surface area contributed by atoms with E-state index >= 15 is 0 Å². The van der Waals surface area contributed by atoms with Crippen LogP contribution in [0.2, 0.25) is 5.02 Å². The fourth-order valence-corrected chi connectivity index (χ4v) is 4.72. The van der Waals surface area contributed by atoms with Gasteiger partial charge in [-0.2, -0.15) is 10.4 Å². The standard InChI is InChI=1S/C33H25ClN4O3/c1-3-17-41-27-15-13-23(14-16-27)31-25(21-38(36-31)26-10-5-4-6-11-26)18-28-22(2)29(19-35)33(40)37(32(28)39)20-24-9-7-8-12-30(24)34/h3-16,18,21H,1,17,20H2,2H3/b28-18+. The van der Waals surface area contributed by atoms with E-state index in [1.54, 1.807) is 48.0 Å². The number of imide groups is 1. The van der Waals surface area contributed by atoms with Gasteiger partial charge >= 0.3 is 0 Å². The van der Waals surface area contributed by atoms with Crippen molar-refractivity contribution >= 4 is 29.5 Å². The summed E-state index contributed by atoms with van der Waals surface area (Å²) in [6.07, 6.45) is 5.18. The number of aromatic nitrogens is 2. The summed E-state index contributed by atoms with van der Waals surface area (Å²) in [5.41, 5.74) is 3.93. The molecule has 8 heteroatoms. The number of amides is 2. The molecule has 0 bridgehead atoms. The van der Waals surface area contributed by atoms with Crippen LogP contribution in [0.4, 0.5) is 0 Å². The molecule has 202 valence electrons. The molecule has 41 heavy (non-hydrogen) atoms. The molecule has 3 aromatic carbocycles. The van der Waals surface area contributed by atoms with Gasteiger partial charge in [-0.25, -0.2) is 4.68 Å². The van der Waals surface area contributed by atoms with Gasteiger partial charge in [0.05, 0.1) is 17.9 Å². The minimum absolute atomic E-state index is 0.0601. The van der Waals surface area contributed by atoms with Crippen LogP contribution < -0.4 is 4.74 Å². The number of halogens is 1. The lowest BCUT2D eigenvalue weighted by molar-refractivity contribution is -0.141. The third kappa shape index (κ3) is 5.60. The first kappa shape index (κ1) is 27.4. The number of nitrogens with zero attached hydrogens (tertiary/aromatic N) is 4. The molecule has 4 aromatic rings.